The van der Waals surface area contributed by atoms with Crippen LogP contribution in [0.2, 0.25) is 0 Å². The van der Waals surface area contributed by atoms with Crippen molar-refractivity contribution in [1.29, 1.82) is 0 Å². The standard InChI is InChI=1S/C22H22N4O2S2.ClH/c1-2-28-18-7-3-8-19-21(18)24-22(30-19)26(13-5-12-25-14-11-23-16-25)20(27)10-9-17-6-4-15-29-17;/h3-4,6-11,14-16H,2,5,12-13H2,1H3;1H. The lowest BCUT2D eigenvalue weighted by Gasteiger charge is -2.18. The van der Waals surface area contributed by atoms with E-state index in [1.165, 1.54) is 11.3 Å². The topological polar surface area (TPSA) is 60.2 Å². The number of rotatable bonds is 9. The van der Waals surface area contributed by atoms with E-state index in [1.54, 1.807) is 34.8 Å². The van der Waals surface area contributed by atoms with Crippen molar-refractivity contribution in [2.75, 3.05) is 18.1 Å². The predicted octanol–water partition coefficient (Wildman–Crippen LogP) is 5.51. The molecule has 0 bridgehead atoms. The Bertz CT molecular complexity index is 1120. The van der Waals surface area contributed by atoms with Crippen LogP contribution in [0.25, 0.3) is 16.3 Å². The molecule has 4 aromatic rings. The summed E-state index contributed by atoms with van der Waals surface area (Å²) in [5, 5.41) is 2.68. The van der Waals surface area contributed by atoms with Gasteiger partial charge in [-0.05, 0) is 43.0 Å². The summed E-state index contributed by atoms with van der Waals surface area (Å²) in [6, 6.07) is 9.84. The van der Waals surface area contributed by atoms with E-state index < -0.39 is 0 Å². The van der Waals surface area contributed by atoms with Crippen molar-refractivity contribution in [1.82, 2.24) is 14.5 Å². The largest absolute Gasteiger partial charge is 0.492 e. The molecule has 0 aliphatic carbocycles. The number of fused-ring (bicyclic) bond motifs is 1. The van der Waals surface area contributed by atoms with E-state index in [-0.39, 0.29) is 18.3 Å². The number of halogens is 1. The highest BCUT2D eigenvalue weighted by molar-refractivity contribution is 7.22. The zero-order valence-corrected chi connectivity index (χ0v) is 19.5. The molecule has 4 rings (SSSR count). The maximum Gasteiger partial charge on any atom is 0.252 e. The molecule has 162 valence electrons. The van der Waals surface area contributed by atoms with E-state index in [2.05, 4.69) is 4.98 Å². The van der Waals surface area contributed by atoms with Crippen molar-refractivity contribution in [3.63, 3.8) is 0 Å². The summed E-state index contributed by atoms with van der Waals surface area (Å²) < 4.78 is 8.73. The molecule has 1 aromatic carbocycles. The number of hydrogen-bond donors (Lipinski definition) is 0. The second kappa shape index (κ2) is 11.1. The lowest BCUT2D eigenvalue weighted by atomic mass is 10.3. The van der Waals surface area contributed by atoms with Gasteiger partial charge in [0.25, 0.3) is 5.91 Å². The first-order valence-corrected chi connectivity index (χ1v) is 11.5. The molecule has 1 amide bonds. The van der Waals surface area contributed by atoms with Crippen molar-refractivity contribution >= 4 is 62.4 Å². The lowest BCUT2D eigenvalue weighted by Crippen LogP contribution is -2.30. The Morgan fingerprint density at radius 2 is 2.19 bits per heavy atom. The molecule has 0 fully saturated rings. The number of imidazole rings is 1. The fraction of sp³-hybridized carbons (Fsp3) is 0.227. The van der Waals surface area contributed by atoms with E-state index in [0.717, 1.165) is 33.8 Å². The van der Waals surface area contributed by atoms with Gasteiger partial charge in [0.1, 0.15) is 11.3 Å². The first-order chi connectivity index (χ1) is 14.7. The van der Waals surface area contributed by atoms with E-state index >= 15 is 0 Å². The second-order valence-corrected chi connectivity index (χ2v) is 8.51. The average Bonchev–Trinajstić information content (AvgIpc) is 3.51. The van der Waals surface area contributed by atoms with Gasteiger partial charge in [0.05, 0.1) is 17.6 Å². The van der Waals surface area contributed by atoms with Crippen LogP contribution in [0, 0.1) is 0 Å². The predicted molar refractivity (Wildman–Crippen MR) is 131 cm³/mol. The maximum atomic E-state index is 13.1. The summed E-state index contributed by atoms with van der Waals surface area (Å²) in [6.45, 7) is 3.87. The van der Waals surface area contributed by atoms with Crippen LogP contribution in [-0.4, -0.2) is 33.6 Å². The number of thiophene rings is 1. The maximum absolute atomic E-state index is 13.1. The van der Waals surface area contributed by atoms with E-state index in [1.807, 2.05) is 59.5 Å². The molecule has 0 atom stereocenters. The summed E-state index contributed by atoms with van der Waals surface area (Å²) in [7, 11) is 0. The number of thiazole rings is 1. The van der Waals surface area contributed by atoms with Crippen LogP contribution in [0.5, 0.6) is 5.75 Å². The molecule has 3 aromatic heterocycles. The smallest absolute Gasteiger partial charge is 0.252 e. The Morgan fingerprint density at radius 3 is 2.94 bits per heavy atom. The number of aromatic nitrogens is 3. The third-order valence-electron chi connectivity index (χ3n) is 4.46. The van der Waals surface area contributed by atoms with Crippen LogP contribution in [-0.2, 0) is 11.3 Å². The van der Waals surface area contributed by atoms with Crippen LogP contribution < -0.4 is 9.64 Å². The highest BCUT2D eigenvalue weighted by atomic mass is 35.5. The Labute approximate surface area is 195 Å². The van der Waals surface area contributed by atoms with Crippen LogP contribution in [0.3, 0.4) is 0 Å². The number of amides is 1. The van der Waals surface area contributed by atoms with Gasteiger partial charge in [0.15, 0.2) is 5.13 Å². The number of hydrogen-bond acceptors (Lipinski definition) is 6. The summed E-state index contributed by atoms with van der Waals surface area (Å²) >= 11 is 3.11. The average molecular weight is 475 g/mol. The summed E-state index contributed by atoms with van der Waals surface area (Å²) in [4.78, 5) is 24.7. The molecule has 0 spiro atoms. The number of benzene rings is 1. The molecular weight excluding hydrogens is 452 g/mol. The van der Waals surface area contributed by atoms with Crippen molar-refractivity contribution in [2.24, 2.45) is 0 Å². The quantitative estimate of drug-likeness (QED) is 0.300. The van der Waals surface area contributed by atoms with Crippen LogP contribution in [0.1, 0.15) is 18.2 Å². The normalized spacial score (nSPS) is 11.0. The zero-order valence-electron chi connectivity index (χ0n) is 17.0. The SMILES string of the molecule is CCOc1cccc2sc(N(CCCn3ccnc3)C(=O)C=Cc3cccs3)nc12.Cl. The van der Waals surface area contributed by atoms with Crippen LogP contribution >= 0.6 is 35.1 Å². The Morgan fingerprint density at radius 1 is 1.29 bits per heavy atom. The van der Waals surface area contributed by atoms with E-state index in [0.29, 0.717) is 18.3 Å². The number of nitrogens with zero attached hydrogens (tertiary/aromatic N) is 4. The van der Waals surface area contributed by atoms with Gasteiger partial charge in [0.2, 0.25) is 0 Å². The molecule has 3 heterocycles. The van der Waals surface area contributed by atoms with Crippen LogP contribution in [0.4, 0.5) is 5.13 Å². The molecule has 6 nitrogen and oxygen atoms in total. The fourth-order valence-corrected chi connectivity index (χ4v) is 4.69. The van der Waals surface area contributed by atoms with Gasteiger partial charge in [-0.3, -0.25) is 9.69 Å². The molecule has 31 heavy (non-hydrogen) atoms. The van der Waals surface area contributed by atoms with Crippen molar-refractivity contribution < 1.29 is 9.53 Å². The van der Waals surface area contributed by atoms with Gasteiger partial charge < -0.3 is 9.30 Å². The molecule has 0 radical (unpaired) electrons. The van der Waals surface area contributed by atoms with Gasteiger partial charge >= 0.3 is 0 Å². The number of carbonyl (C=O) groups is 1. The second-order valence-electron chi connectivity index (χ2n) is 6.53. The third kappa shape index (κ3) is 5.72. The molecule has 0 N–H and O–H groups in total. The van der Waals surface area contributed by atoms with E-state index in [4.69, 9.17) is 9.72 Å². The number of carbonyl (C=O) groups excluding carboxylic acids is 1. The minimum atomic E-state index is -0.0777. The van der Waals surface area contributed by atoms with Gasteiger partial charge in [-0.1, -0.05) is 23.5 Å². The number of ether oxygens (including phenoxy) is 1. The minimum Gasteiger partial charge on any atom is -0.492 e. The summed E-state index contributed by atoms with van der Waals surface area (Å²) in [6.07, 6.45) is 9.75. The van der Waals surface area contributed by atoms with Gasteiger partial charge in [-0.25, -0.2) is 9.97 Å². The van der Waals surface area contributed by atoms with Gasteiger partial charge in [-0.15, -0.1) is 23.7 Å². The first kappa shape index (κ1) is 23.0. The molecule has 0 unspecified atom stereocenters. The molecular formula is C22H23ClN4O2S2. The van der Waals surface area contributed by atoms with Gasteiger partial charge in [-0.2, -0.15) is 0 Å². The molecule has 0 aliphatic rings. The highest BCUT2D eigenvalue weighted by Crippen LogP contribution is 2.34. The van der Waals surface area contributed by atoms with Gasteiger partial charge in [0, 0.05) is 36.4 Å². The number of para-hydroxylation sites is 1. The number of anilines is 1. The van der Waals surface area contributed by atoms with Crippen molar-refractivity contribution in [3.05, 3.63) is 65.4 Å². The Balaban J connectivity index is 0.00000272. The zero-order chi connectivity index (χ0) is 20.8. The fourth-order valence-electron chi connectivity index (χ4n) is 3.06. The Kier molecular flexibility index (Phi) is 8.22. The van der Waals surface area contributed by atoms with Crippen molar-refractivity contribution in [3.8, 4) is 5.75 Å². The highest BCUT2D eigenvalue weighted by Gasteiger charge is 2.19. The first-order valence-electron chi connectivity index (χ1n) is 9.76. The van der Waals surface area contributed by atoms with Crippen LogP contribution in [0.15, 0.2) is 60.5 Å². The summed E-state index contributed by atoms with van der Waals surface area (Å²) in [5.74, 6) is 0.670. The molecule has 9 heteroatoms. The monoisotopic (exact) mass is 474 g/mol. The molecule has 0 aliphatic heterocycles. The minimum absolute atomic E-state index is 0. The molecule has 0 saturated carbocycles. The third-order valence-corrected chi connectivity index (χ3v) is 6.34. The summed E-state index contributed by atoms with van der Waals surface area (Å²) in [5.41, 5.74) is 0.800. The van der Waals surface area contributed by atoms with E-state index in [9.17, 15) is 4.79 Å². The van der Waals surface area contributed by atoms with Crippen molar-refractivity contribution in [2.45, 2.75) is 19.9 Å². The number of aryl methyl sites for hydroxylation is 1. The lowest BCUT2D eigenvalue weighted by molar-refractivity contribution is -0.114. The molecule has 0 saturated heterocycles. The Hall–Kier alpha value is -2.68.